The lowest BCUT2D eigenvalue weighted by atomic mass is 9.88. The predicted octanol–water partition coefficient (Wildman–Crippen LogP) is 1.08. The molecule has 1 heterocycles. The number of ketones is 1. The molecule has 0 aliphatic carbocycles. The molecule has 0 aromatic heterocycles. The van der Waals surface area contributed by atoms with Gasteiger partial charge in [0.15, 0.2) is 5.78 Å². The Morgan fingerprint density at radius 1 is 1.46 bits per heavy atom. The van der Waals surface area contributed by atoms with Crippen LogP contribution in [0.15, 0.2) is 0 Å². The van der Waals surface area contributed by atoms with E-state index in [9.17, 15) is 4.79 Å². The number of nitrogens with zero attached hydrogens (tertiary/aromatic N) is 1. The number of hydrogen-bond donors (Lipinski definition) is 0. The summed E-state index contributed by atoms with van der Waals surface area (Å²) in [5.41, 5.74) is -0.471. The number of carbonyl (C=O) groups excluding carboxylic acids is 1. The lowest BCUT2D eigenvalue weighted by Gasteiger charge is -2.38. The smallest absolute Gasteiger partial charge is 0.161 e. The summed E-state index contributed by atoms with van der Waals surface area (Å²) < 4.78 is 5.60. The summed E-state index contributed by atoms with van der Waals surface area (Å²) in [4.78, 5) is 13.7. The van der Waals surface area contributed by atoms with Gasteiger partial charge in [-0.3, -0.25) is 4.79 Å². The molecule has 1 fully saturated rings. The quantitative estimate of drug-likeness (QED) is 0.659. The summed E-state index contributed by atoms with van der Waals surface area (Å²) in [6.07, 6.45) is 1.68. The molecule has 1 aliphatic rings. The van der Waals surface area contributed by atoms with Gasteiger partial charge in [-0.25, -0.2) is 0 Å². The highest BCUT2D eigenvalue weighted by atomic mass is 16.5. The van der Waals surface area contributed by atoms with E-state index in [1.54, 1.807) is 6.92 Å². The van der Waals surface area contributed by atoms with Gasteiger partial charge in [0.1, 0.15) is 5.60 Å². The van der Waals surface area contributed by atoms with Gasteiger partial charge in [-0.2, -0.15) is 0 Å². The number of Topliss-reactive ketones (excluding diaryl/α,β-unsaturated/α-hetero) is 1. The van der Waals surface area contributed by atoms with Crippen LogP contribution in [0.3, 0.4) is 0 Å². The molecule has 1 rings (SSSR count). The fraction of sp³-hybridized carbons (Fsp3) is 0.900. The Hall–Kier alpha value is -0.410. The van der Waals surface area contributed by atoms with E-state index in [0.717, 1.165) is 25.9 Å². The second kappa shape index (κ2) is 4.20. The minimum absolute atomic E-state index is 0.183. The molecule has 0 aromatic carbocycles. The van der Waals surface area contributed by atoms with Crippen LogP contribution in [0, 0.1) is 0 Å². The van der Waals surface area contributed by atoms with Crippen LogP contribution in [0.5, 0.6) is 0 Å². The van der Waals surface area contributed by atoms with Gasteiger partial charge in [0.05, 0.1) is 0 Å². The zero-order chi connectivity index (χ0) is 9.90. The molecule has 0 atom stereocenters. The van der Waals surface area contributed by atoms with Crippen LogP contribution in [0.4, 0.5) is 0 Å². The highest BCUT2D eigenvalue weighted by Gasteiger charge is 2.38. The van der Waals surface area contributed by atoms with Crippen molar-refractivity contribution in [2.45, 2.75) is 32.3 Å². The zero-order valence-electron chi connectivity index (χ0n) is 8.80. The first-order valence-electron chi connectivity index (χ1n) is 4.94. The molecule has 1 aliphatic heterocycles. The van der Waals surface area contributed by atoms with Crippen LogP contribution in [0.1, 0.15) is 26.7 Å². The van der Waals surface area contributed by atoms with E-state index >= 15 is 0 Å². The van der Waals surface area contributed by atoms with Crippen LogP contribution < -0.4 is 0 Å². The van der Waals surface area contributed by atoms with Crippen LogP contribution in [0.25, 0.3) is 0 Å². The summed E-state index contributed by atoms with van der Waals surface area (Å²) in [6.45, 7) is 6.13. The number of carbonyl (C=O) groups is 1. The maximum atomic E-state index is 11.5. The van der Waals surface area contributed by atoms with E-state index in [1.807, 2.05) is 6.92 Å². The largest absolute Gasteiger partial charge is 0.367 e. The number of ether oxygens (including phenoxy) is 1. The average molecular weight is 185 g/mol. The molecule has 0 unspecified atom stereocenters. The Balaban J connectivity index is 2.63. The molecule has 3 heteroatoms. The van der Waals surface area contributed by atoms with E-state index in [1.165, 1.54) is 0 Å². The van der Waals surface area contributed by atoms with Crippen molar-refractivity contribution in [3.8, 4) is 0 Å². The third kappa shape index (κ3) is 2.29. The second-order valence-corrected chi connectivity index (χ2v) is 3.79. The zero-order valence-corrected chi connectivity index (χ0v) is 8.80. The van der Waals surface area contributed by atoms with Gasteiger partial charge in [-0.1, -0.05) is 0 Å². The van der Waals surface area contributed by atoms with Crippen molar-refractivity contribution >= 4 is 5.78 Å². The molecule has 0 N–H and O–H groups in total. The van der Waals surface area contributed by atoms with Crippen LogP contribution >= 0.6 is 0 Å². The lowest BCUT2D eigenvalue weighted by Crippen LogP contribution is -2.49. The van der Waals surface area contributed by atoms with Gasteiger partial charge >= 0.3 is 0 Å². The van der Waals surface area contributed by atoms with Gasteiger partial charge in [-0.15, -0.1) is 0 Å². The number of rotatable bonds is 3. The maximum Gasteiger partial charge on any atom is 0.161 e. The SMILES string of the molecule is CCOC1(C(C)=O)CCN(C)CC1. The van der Waals surface area contributed by atoms with E-state index in [-0.39, 0.29) is 5.78 Å². The molecular formula is C10H19NO2. The highest BCUT2D eigenvalue weighted by molar-refractivity contribution is 5.85. The van der Waals surface area contributed by atoms with Crippen molar-refractivity contribution in [3.05, 3.63) is 0 Å². The molecule has 0 saturated carbocycles. The molecule has 0 radical (unpaired) electrons. The Morgan fingerprint density at radius 3 is 2.38 bits per heavy atom. The Labute approximate surface area is 80.1 Å². The lowest BCUT2D eigenvalue weighted by molar-refractivity contribution is -0.148. The van der Waals surface area contributed by atoms with Crippen molar-refractivity contribution in [2.24, 2.45) is 0 Å². The monoisotopic (exact) mass is 185 g/mol. The summed E-state index contributed by atoms with van der Waals surface area (Å²) in [5.74, 6) is 0.183. The molecule has 0 bridgehead atoms. The number of likely N-dealkylation sites (tertiary alicyclic amines) is 1. The number of piperidine rings is 1. The Bertz CT molecular complexity index is 183. The van der Waals surface area contributed by atoms with Crippen molar-refractivity contribution in [2.75, 3.05) is 26.7 Å². The summed E-state index contributed by atoms with van der Waals surface area (Å²) in [6, 6.07) is 0. The van der Waals surface area contributed by atoms with E-state index < -0.39 is 5.60 Å². The topological polar surface area (TPSA) is 29.5 Å². The summed E-state index contributed by atoms with van der Waals surface area (Å²) >= 11 is 0. The molecule has 3 nitrogen and oxygen atoms in total. The Kier molecular flexibility index (Phi) is 3.45. The maximum absolute atomic E-state index is 11.5. The highest BCUT2D eigenvalue weighted by Crippen LogP contribution is 2.26. The molecule has 13 heavy (non-hydrogen) atoms. The predicted molar refractivity (Wildman–Crippen MR) is 51.8 cm³/mol. The standard InChI is InChI=1S/C10H19NO2/c1-4-13-10(9(2)12)5-7-11(3)8-6-10/h4-8H2,1-3H3. The third-order valence-electron chi connectivity index (χ3n) is 2.86. The molecular weight excluding hydrogens is 166 g/mol. The van der Waals surface area contributed by atoms with Crippen LogP contribution in [0.2, 0.25) is 0 Å². The van der Waals surface area contributed by atoms with E-state index in [0.29, 0.717) is 6.61 Å². The van der Waals surface area contributed by atoms with Gasteiger partial charge < -0.3 is 9.64 Å². The van der Waals surface area contributed by atoms with Crippen molar-refractivity contribution < 1.29 is 9.53 Å². The summed E-state index contributed by atoms with van der Waals surface area (Å²) in [5, 5.41) is 0. The molecule has 0 aromatic rings. The van der Waals surface area contributed by atoms with Gasteiger partial charge in [0.2, 0.25) is 0 Å². The van der Waals surface area contributed by atoms with Crippen molar-refractivity contribution in [3.63, 3.8) is 0 Å². The minimum atomic E-state index is -0.471. The first-order valence-corrected chi connectivity index (χ1v) is 4.94. The van der Waals surface area contributed by atoms with Crippen LogP contribution in [-0.4, -0.2) is 43.0 Å². The number of hydrogen-bond acceptors (Lipinski definition) is 3. The minimum Gasteiger partial charge on any atom is -0.367 e. The first kappa shape index (κ1) is 10.7. The van der Waals surface area contributed by atoms with Crippen molar-refractivity contribution in [1.82, 2.24) is 4.90 Å². The normalized spacial score (nSPS) is 23.0. The fourth-order valence-corrected chi connectivity index (χ4v) is 1.85. The molecule has 1 saturated heterocycles. The van der Waals surface area contributed by atoms with E-state index in [2.05, 4.69) is 11.9 Å². The van der Waals surface area contributed by atoms with Gasteiger partial charge in [0, 0.05) is 19.7 Å². The summed E-state index contributed by atoms with van der Waals surface area (Å²) in [7, 11) is 2.08. The second-order valence-electron chi connectivity index (χ2n) is 3.79. The third-order valence-corrected chi connectivity index (χ3v) is 2.86. The Morgan fingerprint density at radius 2 is 2.00 bits per heavy atom. The first-order chi connectivity index (χ1) is 6.10. The molecule has 0 spiro atoms. The molecule has 0 amide bonds. The molecule has 76 valence electrons. The van der Waals surface area contributed by atoms with Crippen molar-refractivity contribution in [1.29, 1.82) is 0 Å². The van der Waals surface area contributed by atoms with Gasteiger partial charge in [-0.05, 0) is 33.7 Å². The van der Waals surface area contributed by atoms with Gasteiger partial charge in [0.25, 0.3) is 0 Å². The fourth-order valence-electron chi connectivity index (χ4n) is 1.85. The average Bonchev–Trinajstić information content (AvgIpc) is 2.09. The van der Waals surface area contributed by atoms with E-state index in [4.69, 9.17) is 4.74 Å². The van der Waals surface area contributed by atoms with Crippen LogP contribution in [-0.2, 0) is 9.53 Å².